The normalized spacial score (nSPS) is 10.6. The van der Waals surface area contributed by atoms with E-state index in [0.29, 0.717) is 6.61 Å². The molecule has 19 heavy (non-hydrogen) atoms. The zero-order valence-electron chi connectivity index (χ0n) is 10.6. The highest BCUT2D eigenvalue weighted by Crippen LogP contribution is 2.29. The minimum atomic E-state index is 0.688. The maximum Gasteiger partial charge on any atom is 0.124 e. The van der Waals surface area contributed by atoms with Crippen molar-refractivity contribution in [1.29, 1.82) is 0 Å². The molecule has 0 fully saturated rings. The molecule has 0 atom stereocenters. The fourth-order valence-electron chi connectivity index (χ4n) is 1.88. The molecule has 2 heterocycles. The van der Waals surface area contributed by atoms with Crippen LogP contribution >= 0.6 is 11.3 Å². The Hall–Kier alpha value is -2.07. The van der Waals surface area contributed by atoms with Gasteiger partial charge in [-0.15, -0.1) is 11.3 Å². The number of nitrogens with one attached hydrogen (secondary N) is 1. The summed E-state index contributed by atoms with van der Waals surface area (Å²) >= 11 is 1.65. The molecule has 1 aromatic carbocycles. The van der Waals surface area contributed by atoms with Gasteiger partial charge in [0, 0.05) is 17.1 Å². The quantitative estimate of drug-likeness (QED) is 0.771. The molecular formula is C15H14N2OS. The van der Waals surface area contributed by atoms with E-state index in [1.54, 1.807) is 11.3 Å². The van der Waals surface area contributed by atoms with E-state index in [2.05, 4.69) is 15.3 Å². The van der Waals surface area contributed by atoms with Crippen molar-refractivity contribution in [1.82, 2.24) is 9.97 Å². The van der Waals surface area contributed by atoms with Crippen LogP contribution in [0.2, 0.25) is 0 Å². The van der Waals surface area contributed by atoms with Crippen molar-refractivity contribution in [2.24, 2.45) is 0 Å². The van der Waals surface area contributed by atoms with Gasteiger partial charge in [-0.05, 0) is 43.3 Å². The molecule has 96 valence electrons. The summed E-state index contributed by atoms with van der Waals surface area (Å²) in [7, 11) is 0. The first-order valence-electron chi connectivity index (χ1n) is 6.19. The number of H-pyrrole nitrogens is 1. The molecular weight excluding hydrogens is 256 g/mol. The maximum atomic E-state index is 5.44. The number of nitrogens with zero attached hydrogens (tertiary/aromatic N) is 1. The van der Waals surface area contributed by atoms with Crippen molar-refractivity contribution in [3.8, 4) is 27.7 Å². The highest BCUT2D eigenvalue weighted by molar-refractivity contribution is 7.13. The van der Waals surface area contributed by atoms with E-state index in [1.807, 2.05) is 49.5 Å². The third kappa shape index (κ3) is 2.53. The number of aromatic amines is 1. The minimum absolute atomic E-state index is 0.688. The summed E-state index contributed by atoms with van der Waals surface area (Å²) in [4.78, 5) is 7.81. The van der Waals surface area contributed by atoms with Crippen LogP contribution < -0.4 is 4.74 Å². The van der Waals surface area contributed by atoms with Crippen LogP contribution in [0.25, 0.3) is 22.0 Å². The summed E-state index contributed by atoms with van der Waals surface area (Å²) < 4.78 is 5.44. The van der Waals surface area contributed by atoms with E-state index in [0.717, 1.165) is 27.7 Å². The zero-order valence-corrected chi connectivity index (χ0v) is 11.4. The molecule has 3 rings (SSSR count). The van der Waals surface area contributed by atoms with Crippen LogP contribution in [0.5, 0.6) is 5.75 Å². The zero-order chi connectivity index (χ0) is 13.1. The number of ether oxygens (including phenoxy) is 1. The lowest BCUT2D eigenvalue weighted by Crippen LogP contribution is -1.90. The molecule has 3 aromatic rings. The lowest BCUT2D eigenvalue weighted by Gasteiger charge is -2.02. The van der Waals surface area contributed by atoms with Crippen LogP contribution in [0.1, 0.15) is 6.92 Å². The van der Waals surface area contributed by atoms with Crippen molar-refractivity contribution in [3.05, 3.63) is 48.0 Å². The SMILES string of the molecule is CCOc1ccc(-c2nc(-c3ccc[nH]3)cs2)cc1. The molecule has 4 heteroatoms. The molecule has 1 N–H and O–H groups in total. The van der Waals surface area contributed by atoms with Crippen molar-refractivity contribution in [3.63, 3.8) is 0 Å². The summed E-state index contributed by atoms with van der Waals surface area (Å²) in [5, 5.41) is 3.09. The predicted octanol–water partition coefficient (Wildman–Crippen LogP) is 4.20. The summed E-state index contributed by atoms with van der Waals surface area (Å²) in [6.07, 6.45) is 1.91. The molecule has 0 saturated carbocycles. The summed E-state index contributed by atoms with van der Waals surface area (Å²) in [6, 6.07) is 12.1. The number of benzene rings is 1. The van der Waals surface area contributed by atoms with Gasteiger partial charge in [0.2, 0.25) is 0 Å². The highest BCUT2D eigenvalue weighted by atomic mass is 32.1. The van der Waals surface area contributed by atoms with E-state index >= 15 is 0 Å². The monoisotopic (exact) mass is 270 g/mol. The van der Waals surface area contributed by atoms with Crippen LogP contribution in [-0.4, -0.2) is 16.6 Å². The fraction of sp³-hybridized carbons (Fsp3) is 0.133. The summed E-state index contributed by atoms with van der Waals surface area (Å²) in [6.45, 7) is 2.67. The van der Waals surface area contributed by atoms with Crippen LogP contribution in [-0.2, 0) is 0 Å². The van der Waals surface area contributed by atoms with E-state index in [4.69, 9.17) is 4.74 Å². The number of rotatable bonds is 4. The summed E-state index contributed by atoms with van der Waals surface area (Å²) in [5.41, 5.74) is 3.15. The topological polar surface area (TPSA) is 37.9 Å². The van der Waals surface area contributed by atoms with Gasteiger partial charge in [-0.25, -0.2) is 4.98 Å². The number of hydrogen-bond donors (Lipinski definition) is 1. The Balaban J connectivity index is 1.86. The maximum absolute atomic E-state index is 5.44. The largest absolute Gasteiger partial charge is 0.494 e. The molecule has 0 saturated heterocycles. The van der Waals surface area contributed by atoms with Gasteiger partial charge in [-0.2, -0.15) is 0 Å². The molecule has 0 amide bonds. The number of aromatic nitrogens is 2. The van der Waals surface area contributed by atoms with E-state index in [1.165, 1.54) is 0 Å². The van der Waals surface area contributed by atoms with Gasteiger partial charge >= 0.3 is 0 Å². The molecule has 0 bridgehead atoms. The van der Waals surface area contributed by atoms with Gasteiger partial charge in [0.15, 0.2) is 0 Å². The second-order valence-electron chi connectivity index (χ2n) is 4.08. The lowest BCUT2D eigenvalue weighted by atomic mass is 10.2. The average Bonchev–Trinajstić information content (AvgIpc) is 3.11. The van der Waals surface area contributed by atoms with Gasteiger partial charge in [0.05, 0.1) is 18.0 Å². The van der Waals surface area contributed by atoms with Crippen molar-refractivity contribution < 1.29 is 4.74 Å². The molecule has 0 aliphatic carbocycles. The van der Waals surface area contributed by atoms with Crippen molar-refractivity contribution in [2.45, 2.75) is 6.92 Å². The summed E-state index contributed by atoms with van der Waals surface area (Å²) in [5.74, 6) is 0.896. The Morgan fingerprint density at radius 1 is 1.21 bits per heavy atom. The minimum Gasteiger partial charge on any atom is -0.494 e. The van der Waals surface area contributed by atoms with E-state index in [-0.39, 0.29) is 0 Å². The fourth-order valence-corrected chi connectivity index (χ4v) is 2.71. The van der Waals surface area contributed by atoms with Gasteiger partial charge in [0.25, 0.3) is 0 Å². The molecule has 0 aliphatic rings. The van der Waals surface area contributed by atoms with Crippen molar-refractivity contribution in [2.75, 3.05) is 6.61 Å². The predicted molar refractivity (Wildman–Crippen MR) is 78.5 cm³/mol. The highest BCUT2D eigenvalue weighted by Gasteiger charge is 2.07. The molecule has 3 nitrogen and oxygen atoms in total. The molecule has 2 aromatic heterocycles. The van der Waals surface area contributed by atoms with Gasteiger partial charge in [0.1, 0.15) is 10.8 Å². The molecule has 0 unspecified atom stereocenters. The third-order valence-corrected chi connectivity index (χ3v) is 3.68. The average molecular weight is 270 g/mol. The van der Waals surface area contributed by atoms with Crippen LogP contribution in [0.4, 0.5) is 0 Å². The standard InChI is InChI=1S/C15H14N2OS/c1-2-18-12-7-5-11(6-8-12)15-17-14(10-19-15)13-4-3-9-16-13/h3-10,16H,2H2,1H3. The van der Waals surface area contributed by atoms with Gasteiger partial charge in [-0.1, -0.05) is 0 Å². The number of thiazole rings is 1. The Bertz CT molecular complexity index is 641. The van der Waals surface area contributed by atoms with E-state index in [9.17, 15) is 0 Å². The van der Waals surface area contributed by atoms with Gasteiger partial charge < -0.3 is 9.72 Å². The Labute approximate surface area is 115 Å². The van der Waals surface area contributed by atoms with E-state index < -0.39 is 0 Å². The van der Waals surface area contributed by atoms with Crippen LogP contribution in [0.15, 0.2) is 48.0 Å². The first-order valence-corrected chi connectivity index (χ1v) is 7.07. The molecule has 0 radical (unpaired) electrons. The second-order valence-corrected chi connectivity index (χ2v) is 4.94. The smallest absolute Gasteiger partial charge is 0.124 e. The lowest BCUT2D eigenvalue weighted by molar-refractivity contribution is 0.340. The Morgan fingerprint density at radius 3 is 2.74 bits per heavy atom. The first-order chi connectivity index (χ1) is 9.36. The molecule has 0 aliphatic heterocycles. The third-order valence-electron chi connectivity index (χ3n) is 2.79. The second kappa shape index (κ2) is 5.28. The Kier molecular flexibility index (Phi) is 3.33. The van der Waals surface area contributed by atoms with Crippen LogP contribution in [0.3, 0.4) is 0 Å². The first kappa shape index (κ1) is 12.0. The molecule has 0 spiro atoms. The van der Waals surface area contributed by atoms with Crippen molar-refractivity contribution >= 4 is 11.3 Å². The van der Waals surface area contributed by atoms with Crippen LogP contribution in [0, 0.1) is 0 Å². The Morgan fingerprint density at radius 2 is 2.05 bits per heavy atom. The number of hydrogen-bond acceptors (Lipinski definition) is 3. The van der Waals surface area contributed by atoms with Gasteiger partial charge in [-0.3, -0.25) is 0 Å².